The smallest absolute Gasteiger partial charge is 0.157 e. The van der Waals surface area contributed by atoms with Gasteiger partial charge in [0.05, 0.1) is 25.9 Å². The zero-order chi connectivity index (χ0) is 13.0. The summed E-state index contributed by atoms with van der Waals surface area (Å²) in [5.41, 5.74) is 0.937. The molecule has 4 nitrogen and oxygen atoms in total. The van der Waals surface area contributed by atoms with Crippen LogP contribution in [0.15, 0.2) is 24.3 Å². The summed E-state index contributed by atoms with van der Waals surface area (Å²) in [6, 6.07) is 7.71. The number of ketones is 1. The molecule has 0 aromatic heterocycles. The lowest BCUT2D eigenvalue weighted by atomic mass is 10.0. The zero-order valence-electron chi connectivity index (χ0n) is 10.9. The van der Waals surface area contributed by atoms with Gasteiger partial charge in [0.25, 0.3) is 0 Å². The molecule has 1 unspecified atom stereocenters. The van der Waals surface area contributed by atoms with Gasteiger partial charge in [-0.15, -0.1) is 0 Å². The first kappa shape index (κ1) is 12.9. The second-order valence-electron chi connectivity index (χ2n) is 4.55. The van der Waals surface area contributed by atoms with E-state index in [2.05, 4.69) is 0 Å². The second-order valence-corrected chi connectivity index (χ2v) is 4.55. The lowest BCUT2D eigenvalue weighted by Gasteiger charge is -2.22. The fourth-order valence-electron chi connectivity index (χ4n) is 2.18. The van der Waals surface area contributed by atoms with Gasteiger partial charge in [0.1, 0.15) is 5.75 Å². The first-order chi connectivity index (χ1) is 8.72. The maximum Gasteiger partial charge on any atom is 0.157 e. The highest BCUT2D eigenvalue weighted by atomic mass is 16.5. The molecule has 1 atom stereocenters. The van der Waals surface area contributed by atoms with Gasteiger partial charge >= 0.3 is 0 Å². The summed E-state index contributed by atoms with van der Waals surface area (Å²) in [7, 11) is 3.55. The average molecular weight is 249 g/mol. The molecule has 1 aliphatic rings. The van der Waals surface area contributed by atoms with Crippen LogP contribution in [0.1, 0.15) is 6.42 Å². The zero-order valence-corrected chi connectivity index (χ0v) is 10.9. The molecule has 0 amide bonds. The molecule has 1 aliphatic heterocycles. The van der Waals surface area contributed by atoms with Crippen LogP contribution in [0.5, 0.6) is 5.75 Å². The van der Waals surface area contributed by atoms with E-state index in [-0.39, 0.29) is 11.7 Å². The predicted octanol–water partition coefficient (Wildman–Crippen LogP) is 1.74. The number of ether oxygens (including phenoxy) is 2. The maximum atomic E-state index is 12.1. The summed E-state index contributed by atoms with van der Waals surface area (Å²) in [5.74, 6) is 1.08. The molecule has 1 heterocycles. The van der Waals surface area contributed by atoms with Crippen molar-refractivity contribution in [2.45, 2.75) is 6.42 Å². The Kier molecular flexibility index (Phi) is 4.20. The fraction of sp³-hybridized carbons (Fsp3) is 0.500. The lowest BCUT2D eigenvalue weighted by Crippen LogP contribution is -2.30. The fourth-order valence-corrected chi connectivity index (χ4v) is 2.18. The molecular formula is C14H19NO3. The Hall–Kier alpha value is -1.55. The van der Waals surface area contributed by atoms with E-state index in [1.54, 1.807) is 7.11 Å². The lowest BCUT2D eigenvalue weighted by molar-refractivity contribution is -0.121. The number of nitrogens with zero attached hydrogens (tertiary/aromatic N) is 1. The molecule has 0 saturated carbocycles. The Morgan fingerprint density at radius 2 is 2.28 bits per heavy atom. The van der Waals surface area contributed by atoms with Crippen LogP contribution >= 0.6 is 0 Å². The van der Waals surface area contributed by atoms with E-state index >= 15 is 0 Å². The van der Waals surface area contributed by atoms with Crippen molar-refractivity contribution >= 4 is 11.5 Å². The third kappa shape index (κ3) is 2.82. The SMILES string of the molecule is COc1ccccc1N(C)CC(=O)C1CCOC1. The Balaban J connectivity index is 2.02. The van der Waals surface area contributed by atoms with Crippen molar-refractivity contribution in [3.8, 4) is 5.75 Å². The van der Waals surface area contributed by atoms with E-state index < -0.39 is 0 Å². The van der Waals surface area contributed by atoms with Crippen molar-refractivity contribution in [3.63, 3.8) is 0 Å². The van der Waals surface area contributed by atoms with E-state index in [0.29, 0.717) is 19.8 Å². The molecule has 1 fully saturated rings. The Labute approximate surface area is 107 Å². The number of hydrogen-bond acceptors (Lipinski definition) is 4. The van der Waals surface area contributed by atoms with E-state index in [1.165, 1.54) is 0 Å². The van der Waals surface area contributed by atoms with Gasteiger partial charge in [-0.2, -0.15) is 0 Å². The van der Waals surface area contributed by atoms with E-state index in [1.807, 2.05) is 36.2 Å². The van der Waals surface area contributed by atoms with Gasteiger partial charge < -0.3 is 14.4 Å². The summed E-state index contributed by atoms with van der Waals surface area (Å²) >= 11 is 0. The summed E-state index contributed by atoms with van der Waals surface area (Å²) in [4.78, 5) is 14.0. The molecule has 4 heteroatoms. The van der Waals surface area contributed by atoms with Crippen molar-refractivity contribution < 1.29 is 14.3 Å². The highest BCUT2D eigenvalue weighted by Crippen LogP contribution is 2.27. The number of benzene rings is 1. The van der Waals surface area contributed by atoms with Gasteiger partial charge in [0.2, 0.25) is 0 Å². The van der Waals surface area contributed by atoms with Crippen LogP contribution in [-0.2, 0) is 9.53 Å². The van der Waals surface area contributed by atoms with Crippen LogP contribution in [0.2, 0.25) is 0 Å². The quantitative estimate of drug-likeness (QED) is 0.796. The minimum absolute atomic E-state index is 0.0576. The number of carbonyl (C=O) groups is 1. The summed E-state index contributed by atoms with van der Waals surface area (Å²) in [6.45, 7) is 1.67. The summed E-state index contributed by atoms with van der Waals surface area (Å²) in [6.07, 6.45) is 0.846. The first-order valence-corrected chi connectivity index (χ1v) is 6.17. The van der Waals surface area contributed by atoms with Crippen molar-refractivity contribution in [3.05, 3.63) is 24.3 Å². The van der Waals surface area contributed by atoms with Gasteiger partial charge in [0, 0.05) is 19.6 Å². The Bertz CT molecular complexity index is 413. The molecule has 0 N–H and O–H groups in total. The number of likely N-dealkylation sites (N-methyl/N-ethyl adjacent to an activating group) is 1. The van der Waals surface area contributed by atoms with Crippen LogP contribution < -0.4 is 9.64 Å². The van der Waals surface area contributed by atoms with Crippen LogP contribution in [0.25, 0.3) is 0 Å². The number of rotatable bonds is 5. The Morgan fingerprint density at radius 3 is 2.94 bits per heavy atom. The number of Topliss-reactive ketones (excluding diaryl/α,β-unsaturated/α-hetero) is 1. The first-order valence-electron chi connectivity index (χ1n) is 6.17. The minimum Gasteiger partial charge on any atom is -0.495 e. The standard InChI is InChI=1S/C14H19NO3/c1-15(9-13(16)11-7-8-18-10-11)12-5-3-4-6-14(12)17-2/h3-6,11H,7-10H2,1-2H3. The van der Waals surface area contributed by atoms with Gasteiger partial charge in [-0.05, 0) is 18.6 Å². The third-order valence-corrected chi connectivity index (χ3v) is 3.27. The molecule has 98 valence electrons. The molecule has 1 saturated heterocycles. The normalized spacial score (nSPS) is 18.7. The number of methoxy groups -OCH3 is 1. The van der Waals surface area contributed by atoms with Crippen LogP contribution in [0.3, 0.4) is 0 Å². The molecule has 0 bridgehead atoms. The highest BCUT2D eigenvalue weighted by Gasteiger charge is 2.24. The van der Waals surface area contributed by atoms with Gasteiger partial charge in [-0.1, -0.05) is 12.1 Å². The van der Waals surface area contributed by atoms with Crippen LogP contribution in [0.4, 0.5) is 5.69 Å². The molecule has 2 rings (SSSR count). The molecular weight excluding hydrogens is 230 g/mol. The van der Waals surface area contributed by atoms with Crippen molar-refractivity contribution in [1.82, 2.24) is 0 Å². The Morgan fingerprint density at radius 1 is 1.50 bits per heavy atom. The van der Waals surface area contributed by atoms with Crippen molar-refractivity contribution in [1.29, 1.82) is 0 Å². The van der Waals surface area contributed by atoms with Crippen molar-refractivity contribution in [2.75, 3.05) is 38.8 Å². The average Bonchev–Trinajstić information content (AvgIpc) is 2.92. The predicted molar refractivity (Wildman–Crippen MR) is 70.2 cm³/mol. The van der Waals surface area contributed by atoms with E-state index in [4.69, 9.17) is 9.47 Å². The number of para-hydroxylation sites is 2. The topological polar surface area (TPSA) is 38.8 Å². The monoisotopic (exact) mass is 249 g/mol. The van der Waals surface area contributed by atoms with Crippen LogP contribution in [-0.4, -0.2) is 39.7 Å². The molecule has 18 heavy (non-hydrogen) atoms. The number of carbonyl (C=O) groups excluding carboxylic acids is 1. The largest absolute Gasteiger partial charge is 0.495 e. The molecule has 1 aromatic rings. The molecule has 0 radical (unpaired) electrons. The van der Waals surface area contributed by atoms with Gasteiger partial charge in [0.15, 0.2) is 5.78 Å². The molecule has 0 aliphatic carbocycles. The number of hydrogen-bond donors (Lipinski definition) is 0. The van der Waals surface area contributed by atoms with E-state index in [0.717, 1.165) is 17.9 Å². The van der Waals surface area contributed by atoms with Gasteiger partial charge in [-0.3, -0.25) is 4.79 Å². The summed E-state index contributed by atoms with van der Waals surface area (Å²) < 4.78 is 10.5. The van der Waals surface area contributed by atoms with Crippen molar-refractivity contribution in [2.24, 2.45) is 5.92 Å². The number of anilines is 1. The highest BCUT2D eigenvalue weighted by molar-refractivity contribution is 5.86. The van der Waals surface area contributed by atoms with E-state index in [9.17, 15) is 4.79 Å². The maximum absolute atomic E-state index is 12.1. The minimum atomic E-state index is 0.0576. The molecule has 1 aromatic carbocycles. The third-order valence-electron chi connectivity index (χ3n) is 3.27. The second kappa shape index (κ2) is 5.87. The molecule has 0 spiro atoms. The van der Waals surface area contributed by atoms with Crippen LogP contribution in [0, 0.1) is 5.92 Å². The summed E-state index contributed by atoms with van der Waals surface area (Å²) in [5, 5.41) is 0. The van der Waals surface area contributed by atoms with Gasteiger partial charge in [-0.25, -0.2) is 0 Å².